The van der Waals surface area contributed by atoms with Gasteiger partial charge in [-0.1, -0.05) is 6.07 Å². The Labute approximate surface area is 117 Å². The van der Waals surface area contributed by atoms with Crippen molar-refractivity contribution in [1.82, 2.24) is 0 Å². The largest absolute Gasteiger partial charge is 0.481 e. The highest BCUT2D eigenvalue weighted by Crippen LogP contribution is 2.29. The molecule has 1 atom stereocenters. The van der Waals surface area contributed by atoms with Gasteiger partial charge in [0.25, 0.3) is 0 Å². The Morgan fingerprint density at radius 1 is 1.20 bits per heavy atom. The summed E-state index contributed by atoms with van der Waals surface area (Å²) in [5.74, 6) is -1.58. The van der Waals surface area contributed by atoms with E-state index in [0.29, 0.717) is 0 Å². The predicted octanol–water partition coefficient (Wildman–Crippen LogP) is 1.72. The molecule has 20 heavy (non-hydrogen) atoms. The van der Waals surface area contributed by atoms with Crippen molar-refractivity contribution in [1.29, 1.82) is 0 Å². The number of carbonyl (C=O) groups is 2. The van der Waals surface area contributed by atoms with Gasteiger partial charge in [0.2, 0.25) is 5.91 Å². The number of carboxylic acid groups (broad SMARTS) is 1. The van der Waals surface area contributed by atoms with E-state index in [4.69, 9.17) is 5.11 Å². The summed E-state index contributed by atoms with van der Waals surface area (Å²) in [6.45, 7) is 2.38. The van der Waals surface area contributed by atoms with Crippen LogP contribution in [0.2, 0.25) is 0 Å². The molecule has 5 heteroatoms. The van der Waals surface area contributed by atoms with Gasteiger partial charge in [0.15, 0.2) is 0 Å². The van der Waals surface area contributed by atoms with Crippen LogP contribution in [0.15, 0.2) is 24.3 Å². The van der Waals surface area contributed by atoms with Gasteiger partial charge >= 0.3 is 5.97 Å². The second-order valence-electron chi connectivity index (χ2n) is 5.46. The van der Waals surface area contributed by atoms with E-state index in [1.807, 2.05) is 24.3 Å². The Morgan fingerprint density at radius 2 is 1.90 bits per heavy atom. The summed E-state index contributed by atoms with van der Waals surface area (Å²) in [4.78, 5) is 26.9. The topological polar surface area (TPSA) is 60.9 Å². The van der Waals surface area contributed by atoms with Crippen LogP contribution in [-0.4, -0.2) is 36.6 Å². The molecular formula is C15H18N2O3. The first kappa shape index (κ1) is 13.0. The van der Waals surface area contributed by atoms with Crippen LogP contribution in [0.1, 0.15) is 19.3 Å². The summed E-state index contributed by atoms with van der Waals surface area (Å²) in [7, 11) is 0. The fourth-order valence-corrected chi connectivity index (χ4v) is 2.96. The number of nitrogens with zero attached hydrogens (tertiary/aromatic N) is 2. The van der Waals surface area contributed by atoms with Crippen LogP contribution >= 0.6 is 0 Å². The standard InChI is InChI=1S/C15H18N2O3/c18-14-8-11(15(19)20)10-17(14)13-5-3-4-12(9-13)16-6-1-2-7-16/h3-5,9,11H,1-2,6-8,10H2,(H,19,20)/t11-/m1/s1. The Balaban J connectivity index is 1.81. The van der Waals surface area contributed by atoms with Crippen LogP contribution in [0.5, 0.6) is 0 Å². The lowest BCUT2D eigenvalue weighted by atomic mass is 10.1. The van der Waals surface area contributed by atoms with E-state index in [-0.39, 0.29) is 18.9 Å². The molecule has 1 aromatic carbocycles. The summed E-state index contributed by atoms with van der Waals surface area (Å²) in [6, 6.07) is 7.85. The van der Waals surface area contributed by atoms with Crippen molar-refractivity contribution in [3.63, 3.8) is 0 Å². The van der Waals surface area contributed by atoms with Crippen molar-refractivity contribution in [2.45, 2.75) is 19.3 Å². The fraction of sp³-hybridized carbons (Fsp3) is 0.467. The van der Waals surface area contributed by atoms with Gasteiger partial charge in [-0.25, -0.2) is 0 Å². The van der Waals surface area contributed by atoms with Gasteiger partial charge in [-0.05, 0) is 31.0 Å². The summed E-state index contributed by atoms with van der Waals surface area (Å²) >= 11 is 0. The molecule has 0 saturated carbocycles. The fourth-order valence-electron chi connectivity index (χ4n) is 2.96. The highest BCUT2D eigenvalue weighted by molar-refractivity contribution is 5.99. The normalized spacial score (nSPS) is 22.6. The maximum atomic E-state index is 12.0. The molecule has 0 aromatic heterocycles. The summed E-state index contributed by atoms with van der Waals surface area (Å²) < 4.78 is 0. The van der Waals surface area contributed by atoms with Gasteiger partial charge in [-0.3, -0.25) is 9.59 Å². The van der Waals surface area contributed by atoms with E-state index >= 15 is 0 Å². The molecule has 5 nitrogen and oxygen atoms in total. The van der Waals surface area contributed by atoms with Crippen LogP contribution < -0.4 is 9.80 Å². The molecule has 1 amide bonds. The van der Waals surface area contributed by atoms with E-state index in [1.165, 1.54) is 12.8 Å². The SMILES string of the molecule is O=C(O)[C@@H]1CC(=O)N(c2cccc(N3CCCC3)c2)C1. The highest BCUT2D eigenvalue weighted by Gasteiger charge is 2.35. The summed E-state index contributed by atoms with van der Waals surface area (Å²) in [6.07, 6.45) is 2.51. The van der Waals surface area contributed by atoms with Crippen LogP contribution in [0.4, 0.5) is 11.4 Å². The van der Waals surface area contributed by atoms with Gasteiger partial charge < -0.3 is 14.9 Å². The molecule has 2 aliphatic rings. The molecule has 0 spiro atoms. The number of hydrogen-bond acceptors (Lipinski definition) is 3. The molecule has 2 heterocycles. The summed E-state index contributed by atoms with van der Waals surface area (Å²) in [5, 5.41) is 9.04. The third-order valence-corrected chi connectivity index (χ3v) is 4.09. The Kier molecular flexibility index (Phi) is 3.34. The molecule has 2 saturated heterocycles. The zero-order valence-electron chi connectivity index (χ0n) is 11.3. The maximum Gasteiger partial charge on any atom is 0.308 e. The van der Waals surface area contributed by atoms with Crippen LogP contribution in [-0.2, 0) is 9.59 Å². The molecule has 0 bridgehead atoms. The number of anilines is 2. The highest BCUT2D eigenvalue weighted by atomic mass is 16.4. The van der Waals surface area contributed by atoms with Crippen molar-refractivity contribution in [2.24, 2.45) is 5.92 Å². The minimum absolute atomic E-state index is 0.100. The van der Waals surface area contributed by atoms with Crippen LogP contribution in [0, 0.1) is 5.92 Å². The van der Waals surface area contributed by atoms with Gasteiger partial charge in [0.05, 0.1) is 5.92 Å². The van der Waals surface area contributed by atoms with Crippen LogP contribution in [0.25, 0.3) is 0 Å². The zero-order valence-corrected chi connectivity index (χ0v) is 11.3. The Bertz CT molecular complexity index is 538. The lowest BCUT2D eigenvalue weighted by Gasteiger charge is -2.21. The van der Waals surface area contributed by atoms with Crippen molar-refractivity contribution < 1.29 is 14.7 Å². The lowest BCUT2D eigenvalue weighted by molar-refractivity contribution is -0.141. The van der Waals surface area contributed by atoms with Gasteiger partial charge in [0, 0.05) is 37.4 Å². The third kappa shape index (κ3) is 2.35. The molecule has 3 rings (SSSR count). The first-order valence-corrected chi connectivity index (χ1v) is 7.03. The van der Waals surface area contributed by atoms with Gasteiger partial charge in [0.1, 0.15) is 0 Å². The molecule has 2 fully saturated rings. The molecule has 0 unspecified atom stereocenters. The molecule has 1 aromatic rings. The number of hydrogen-bond donors (Lipinski definition) is 1. The number of benzene rings is 1. The second kappa shape index (κ2) is 5.15. The number of rotatable bonds is 3. The van der Waals surface area contributed by atoms with E-state index in [2.05, 4.69) is 4.90 Å². The first-order valence-electron chi connectivity index (χ1n) is 7.03. The number of carboxylic acids is 1. The molecule has 1 N–H and O–H groups in total. The Morgan fingerprint density at radius 3 is 2.55 bits per heavy atom. The maximum absolute atomic E-state index is 12.0. The molecule has 2 aliphatic heterocycles. The Hall–Kier alpha value is -2.04. The van der Waals surface area contributed by atoms with E-state index in [0.717, 1.165) is 24.5 Å². The zero-order chi connectivity index (χ0) is 14.1. The predicted molar refractivity (Wildman–Crippen MR) is 76.0 cm³/mol. The minimum atomic E-state index is -0.892. The molecule has 0 radical (unpaired) electrons. The summed E-state index contributed by atoms with van der Waals surface area (Å²) in [5.41, 5.74) is 1.93. The van der Waals surface area contributed by atoms with E-state index in [9.17, 15) is 9.59 Å². The van der Waals surface area contributed by atoms with Crippen molar-refractivity contribution >= 4 is 23.3 Å². The van der Waals surface area contributed by atoms with Gasteiger partial charge in [-0.2, -0.15) is 0 Å². The molecule has 0 aliphatic carbocycles. The smallest absolute Gasteiger partial charge is 0.308 e. The van der Waals surface area contributed by atoms with Crippen LogP contribution in [0.3, 0.4) is 0 Å². The van der Waals surface area contributed by atoms with E-state index in [1.54, 1.807) is 4.90 Å². The van der Waals surface area contributed by atoms with E-state index < -0.39 is 11.9 Å². The number of aliphatic carboxylic acids is 1. The minimum Gasteiger partial charge on any atom is -0.481 e. The molecule has 106 valence electrons. The average Bonchev–Trinajstić information content (AvgIpc) is 3.08. The van der Waals surface area contributed by atoms with Crippen molar-refractivity contribution in [3.05, 3.63) is 24.3 Å². The monoisotopic (exact) mass is 274 g/mol. The van der Waals surface area contributed by atoms with Crippen molar-refractivity contribution in [3.8, 4) is 0 Å². The lowest BCUT2D eigenvalue weighted by Crippen LogP contribution is -2.26. The number of carbonyl (C=O) groups excluding carboxylic acids is 1. The quantitative estimate of drug-likeness (QED) is 0.911. The second-order valence-corrected chi connectivity index (χ2v) is 5.46. The van der Waals surface area contributed by atoms with Crippen molar-refractivity contribution in [2.75, 3.05) is 29.4 Å². The first-order chi connectivity index (χ1) is 9.65. The van der Waals surface area contributed by atoms with Gasteiger partial charge in [-0.15, -0.1) is 0 Å². The number of amides is 1. The molecular weight excluding hydrogens is 256 g/mol. The third-order valence-electron chi connectivity index (χ3n) is 4.09. The average molecular weight is 274 g/mol.